The maximum absolute atomic E-state index is 4.54. The van der Waals surface area contributed by atoms with Crippen molar-refractivity contribution in [3.63, 3.8) is 0 Å². The van der Waals surface area contributed by atoms with Crippen LogP contribution in [0.2, 0.25) is 0 Å². The third kappa shape index (κ3) is 3.17. The number of hydrogen-bond acceptors (Lipinski definition) is 7. The predicted molar refractivity (Wildman–Crippen MR) is 74.4 cm³/mol. The first-order valence-corrected chi connectivity index (χ1v) is 7.22. The summed E-state index contributed by atoms with van der Waals surface area (Å²) in [5.74, 6) is 2.77. The lowest BCUT2D eigenvalue weighted by Crippen LogP contribution is -2.02. The lowest BCUT2D eigenvalue weighted by molar-refractivity contribution is 0.755. The molecule has 1 N–H and O–H groups in total. The Morgan fingerprint density at radius 3 is 2.61 bits per heavy atom. The van der Waals surface area contributed by atoms with E-state index in [0.29, 0.717) is 5.92 Å². The molecule has 0 bridgehead atoms. The van der Waals surface area contributed by atoms with Crippen LogP contribution in [0.4, 0.5) is 5.82 Å². The number of rotatable bonds is 4. The van der Waals surface area contributed by atoms with E-state index >= 15 is 0 Å². The summed E-state index contributed by atoms with van der Waals surface area (Å²) in [5.41, 5.74) is 0. The van der Waals surface area contributed by atoms with E-state index < -0.39 is 0 Å². The second-order valence-electron chi connectivity index (χ2n) is 4.06. The zero-order chi connectivity index (χ0) is 13.1. The highest BCUT2D eigenvalue weighted by Crippen LogP contribution is 2.29. The molecule has 0 saturated heterocycles. The van der Waals surface area contributed by atoms with Gasteiger partial charge in [0.25, 0.3) is 0 Å². The largest absolute Gasteiger partial charge is 0.373 e. The average molecular weight is 281 g/mol. The molecule has 2 heterocycles. The molecule has 0 saturated carbocycles. The molecule has 0 unspecified atom stereocenters. The Kier molecular flexibility index (Phi) is 4.13. The lowest BCUT2D eigenvalue weighted by Gasteiger charge is -2.08. The van der Waals surface area contributed by atoms with Crippen molar-refractivity contribution in [1.82, 2.24) is 19.3 Å². The molecule has 5 nitrogen and oxygen atoms in total. The maximum atomic E-state index is 4.54. The van der Waals surface area contributed by atoms with Crippen molar-refractivity contribution in [1.29, 1.82) is 0 Å². The van der Waals surface area contributed by atoms with Crippen LogP contribution in [0.3, 0.4) is 0 Å². The summed E-state index contributed by atoms with van der Waals surface area (Å²) in [6.45, 7) is 6.05. The van der Waals surface area contributed by atoms with Crippen LogP contribution < -0.4 is 5.32 Å². The summed E-state index contributed by atoms with van der Waals surface area (Å²) in [6, 6.07) is 1.92. The van der Waals surface area contributed by atoms with Gasteiger partial charge in [-0.1, -0.05) is 13.8 Å². The minimum atomic E-state index is 0.300. The van der Waals surface area contributed by atoms with Crippen LogP contribution >= 0.6 is 23.3 Å². The highest BCUT2D eigenvalue weighted by molar-refractivity contribution is 8.00. The van der Waals surface area contributed by atoms with Crippen LogP contribution in [0, 0.1) is 6.92 Å². The van der Waals surface area contributed by atoms with Crippen molar-refractivity contribution in [2.24, 2.45) is 0 Å². The van der Waals surface area contributed by atoms with Crippen molar-refractivity contribution in [3.05, 3.63) is 17.7 Å². The smallest absolute Gasteiger partial charge is 0.176 e. The fraction of sp³-hybridized carbons (Fsp3) is 0.455. The zero-order valence-electron chi connectivity index (χ0n) is 10.8. The van der Waals surface area contributed by atoms with Gasteiger partial charge in [-0.3, -0.25) is 0 Å². The van der Waals surface area contributed by atoms with Crippen molar-refractivity contribution in [3.8, 4) is 0 Å². The summed E-state index contributed by atoms with van der Waals surface area (Å²) in [6.07, 6.45) is 0. The molecule has 96 valence electrons. The second kappa shape index (κ2) is 5.62. The SMILES string of the molecule is CNc1cc(Sc2nc(C)ns2)nc(C(C)C)n1. The zero-order valence-corrected chi connectivity index (χ0v) is 12.4. The van der Waals surface area contributed by atoms with Gasteiger partial charge in [0.05, 0.1) is 0 Å². The summed E-state index contributed by atoms with van der Waals surface area (Å²) < 4.78 is 5.07. The van der Waals surface area contributed by atoms with Gasteiger partial charge in [-0.25, -0.2) is 15.0 Å². The Balaban J connectivity index is 2.29. The Morgan fingerprint density at radius 2 is 2.06 bits per heavy atom. The van der Waals surface area contributed by atoms with Crippen molar-refractivity contribution in [2.45, 2.75) is 36.1 Å². The molecule has 0 amide bonds. The number of aryl methyl sites for hydroxylation is 1. The predicted octanol–water partition coefficient (Wildman–Crippen LogP) is 2.95. The van der Waals surface area contributed by atoms with Gasteiger partial charge in [0, 0.05) is 19.0 Å². The number of nitrogens with zero attached hydrogens (tertiary/aromatic N) is 4. The molecular formula is C11H15N5S2. The normalized spacial score (nSPS) is 10.9. The van der Waals surface area contributed by atoms with Crippen LogP contribution in [-0.2, 0) is 0 Å². The molecule has 0 radical (unpaired) electrons. The van der Waals surface area contributed by atoms with Gasteiger partial charge >= 0.3 is 0 Å². The van der Waals surface area contributed by atoms with E-state index in [1.807, 2.05) is 20.0 Å². The first-order valence-electron chi connectivity index (χ1n) is 5.63. The van der Waals surface area contributed by atoms with Crippen LogP contribution in [-0.4, -0.2) is 26.4 Å². The van der Waals surface area contributed by atoms with E-state index in [1.54, 1.807) is 0 Å². The molecular weight excluding hydrogens is 266 g/mol. The molecule has 0 fully saturated rings. The van der Waals surface area contributed by atoms with Crippen molar-refractivity contribution in [2.75, 3.05) is 12.4 Å². The van der Waals surface area contributed by atoms with E-state index in [2.05, 4.69) is 38.5 Å². The average Bonchev–Trinajstić information content (AvgIpc) is 2.74. The molecule has 0 aliphatic heterocycles. The summed E-state index contributed by atoms with van der Waals surface area (Å²) in [4.78, 5) is 13.3. The molecule has 2 rings (SSSR count). The van der Waals surface area contributed by atoms with Gasteiger partial charge in [0.15, 0.2) is 4.34 Å². The maximum Gasteiger partial charge on any atom is 0.176 e. The van der Waals surface area contributed by atoms with Crippen molar-refractivity contribution < 1.29 is 0 Å². The van der Waals surface area contributed by atoms with Crippen LogP contribution in [0.1, 0.15) is 31.4 Å². The van der Waals surface area contributed by atoms with Gasteiger partial charge in [-0.15, -0.1) is 0 Å². The Bertz CT molecular complexity index is 538. The van der Waals surface area contributed by atoms with E-state index in [-0.39, 0.29) is 0 Å². The second-order valence-corrected chi connectivity index (χ2v) is 6.08. The fourth-order valence-electron chi connectivity index (χ4n) is 1.29. The van der Waals surface area contributed by atoms with E-state index in [1.165, 1.54) is 23.3 Å². The first-order chi connectivity index (χ1) is 8.58. The van der Waals surface area contributed by atoms with Crippen LogP contribution in [0.15, 0.2) is 15.4 Å². The molecule has 18 heavy (non-hydrogen) atoms. The van der Waals surface area contributed by atoms with Gasteiger partial charge in [-0.2, -0.15) is 4.37 Å². The highest BCUT2D eigenvalue weighted by atomic mass is 32.2. The molecule has 0 aromatic carbocycles. The Morgan fingerprint density at radius 1 is 1.28 bits per heavy atom. The van der Waals surface area contributed by atoms with E-state index in [4.69, 9.17) is 0 Å². The first kappa shape index (κ1) is 13.2. The summed E-state index contributed by atoms with van der Waals surface area (Å²) >= 11 is 2.92. The molecule has 0 aliphatic carbocycles. The number of nitrogens with one attached hydrogen (secondary N) is 1. The number of anilines is 1. The number of aromatic nitrogens is 4. The van der Waals surface area contributed by atoms with E-state index in [9.17, 15) is 0 Å². The molecule has 2 aromatic rings. The van der Waals surface area contributed by atoms with Crippen LogP contribution in [0.25, 0.3) is 0 Å². The topological polar surface area (TPSA) is 63.6 Å². The minimum absolute atomic E-state index is 0.300. The molecule has 0 aliphatic rings. The van der Waals surface area contributed by atoms with Gasteiger partial charge in [-0.05, 0) is 30.2 Å². The highest BCUT2D eigenvalue weighted by Gasteiger charge is 2.10. The molecule has 0 spiro atoms. The molecule has 7 heteroatoms. The molecule has 0 atom stereocenters. The van der Waals surface area contributed by atoms with Gasteiger partial charge in [0.1, 0.15) is 22.5 Å². The monoisotopic (exact) mass is 281 g/mol. The summed E-state index contributed by atoms with van der Waals surface area (Å²) in [7, 11) is 1.86. The lowest BCUT2D eigenvalue weighted by atomic mass is 10.2. The van der Waals surface area contributed by atoms with E-state index in [0.717, 1.165) is 26.8 Å². The standard InChI is InChI=1S/C11H15N5S2/c1-6(2)10-14-8(12-4)5-9(15-10)17-11-13-7(3)16-18-11/h5-6H,1-4H3,(H,12,14,15). The fourth-order valence-corrected chi connectivity index (χ4v) is 2.90. The number of hydrogen-bond donors (Lipinski definition) is 1. The van der Waals surface area contributed by atoms with Crippen molar-refractivity contribution >= 4 is 29.1 Å². The third-order valence-electron chi connectivity index (χ3n) is 2.19. The van der Waals surface area contributed by atoms with Gasteiger partial charge < -0.3 is 5.32 Å². The summed E-state index contributed by atoms with van der Waals surface area (Å²) in [5, 5.41) is 3.95. The Labute approximate surface area is 115 Å². The van der Waals surface area contributed by atoms with Crippen LogP contribution in [0.5, 0.6) is 0 Å². The quantitative estimate of drug-likeness (QED) is 0.869. The Hall–Kier alpha value is -1.21. The van der Waals surface area contributed by atoms with Gasteiger partial charge in [0.2, 0.25) is 0 Å². The molecule has 2 aromatic heterocycles. The third-order valence-corrected chi connectivity index (χ3v) is 3.95. The minimum Gasteiger partial charge on any atom is -0.373 e.